The van der Waals surface area contributed by atoms with E-state index in [0.29, 0.717) is 43.8 Å². The summed E-state index contributed by atoms with van der Waals surface area (Å²) in [6, 6.07) is 12.5. The molecule has 1 heterocycles. The van der Waals surface area contributed by atoms with Crippen LogP contribution in [0.15, 0.2) is 47.5 Å². The standard InChI is InChI=1S/C24H32FN3O3/c1-4-26-23(28-20-10-11-21(31-5-2)22(16-20)29-3)27-17-24(12-14-30-15-13-24)18-6-8-19(25)9-7-18/h6-11,16H,4-5,12-15,17H2,1-3H3,(H2,26,27,28). The van der Waals surface area contributed by atoms with Crippen LogP contribution in [0.1, 0.15) is 32.3 Å². The molecule has 1 aliphatic rings. The van der Waals surface area contributed by atoms with Crippen molar-refractivity contribution in [1.29, 1.82) is 0 Å². The third kappa shape index (κ3) is 5.88. The van der Waals surface area contributed by atoms with Gasteiger partial charge in [-0.3, -0.25) is 4.99 Å². The van der Waals surface area contributed by atoms with Gasteiger partial charge in [0.25, 0.3) is 0 Å². The number of aliphatic imine (C=N–C) groups is 1. The van der Waals surface area contributed by atoms with Crippen molar-refractivity contribution in [1.82, 2.24) is 5.32 Å². The molecule has 0 unspecified atom stereocenters. The Hall–Kier alpha value is -2.80. The summed E-state index contributed by atoms with van der Waals surface area (Å²) >= 11 is 0. The first-order chi connectivity index (χ1) is 15.1. The molecule has 2 aromatic carbocycles. The van der Waals surface area contributed by atoms with Gasteiger partial charge in [0.05, 0.1) is 20.3 Å². The highest BCUT2D eigenvalue weighted by Gasteiger charge is 2.34. The van der Waals surface area contributed by atoms with Crippen LogP contribution in [0, 0.1) is 5.82 Å². The average Bonchev–Trinajstić information content (AvgIpc) is 2.80. The van der Waals surface area contributed by atoms with Crippen LogP contribution in [0.5, 0.6) is 11.5 Å². The minimum Gasteiger partial charge on any atom is -0.493 e. The van der Waals surface area contributed by atoms with Gasteiger partial charge in [-0.05, 0) is 56.5 Å². The van der Waals surface area contributed by atoms with Crippen molar-refractivity contribution < 1.29 is 18.6 Å². The van der Waals surface area contributed by atoms with E-state index in [4.69, 9.17) is 19.2 Å². The average molecular weight is 430 g/mol. The molecule has 2 N–H and O–H groups in total. The number of nitrogens with one attached hydrogen (secondary N) is 2. The number of guanidine groups is 1. The molecule has 31 heavy (non-hydrogen) atoms. The molecular weight excluding hydrogens is 397 g/mol. The Bertz CT molecular complexity index is 865. The highest BCUT2D eigenvalue weighted by Crippen LogP contribution is 2.35. The van der Waals surface area contributed by atoms with Gasteiger partial charge < -0.3 is 24.8 Å². The van der Waals surface area contributed by atoms with E-state index in [-0.39, 0.29) is 11.2 Å². The second kappa shape index (κ2) is 11.0. The Morgan fingerprint density at radius 2 is 1.84 bits per heavy atom. The van der Waals surface area contributed by atoms with Crippen LogP contribution < -0.4 is 20.1 Å². The summed E-state index contributed by atoms with van der Waals surface area (Å²) < 4.78 is 30.1. The molecule has 0 spiro atoms. The van der Waals surface area contributed by atoms with Crippen molar-refractivity contribution in [3.63, 3.8) is 0 Å². The third-order valence-corrected chi connectivity index (χ3v) is 5.52. The quantitative estimate of drug-likeness (QED) is 0.482. The third-order valence-electron chi connectivity index (χ3n) is 5.52. The van der Waals surface area contributed by atoms with E-state index in [1.165, 1.54) is 12.1 Å². The Morgan fingerprint density at radius 3 is 2.48 bits per heavy atom. The predicted molar refractivity (Wildman–Crippen MR) is 122 cm³/mol. The first-order valence-corrected chi connectivity index (χ1v) is 10.8. The summed E-state index contributed by atoms with van der Waals surface area (Å²) in [4.78, 5) is 4.89. The van der Waals surface area contributed by atoms with E-state index in [9.17, 15) is 4.39 Å². The molecule has 168 valence electrons. The summed E-state index contributed by atoms with van der Waals surface area (Å²) in [5.74, 6) is 1.82. The number of ether oxygens (including phenoxy) is 3. The van der Waals surface area contributed by atoms with E-state index in [1.54, 1.807) is 7.11 Å². The van der Waals surface area contributed by atoms with Gasteiger partial charge in [-0.1, -0.05) is 12.1 Å². The van der Waals surface area contributed by atoms with Crippen LogP contribution in [0.3, 0.4) is 0 Å². The lowest BCUT2D eigenvalue weighted by Crippen LogP contribution is -2.39. The molecule has 3 rings (SSSR count). The van der Waals surface area contributed by atoms with Gasteiger partial charge in [-0.15, -0.1) is 0 Å². The zero-order chi connectivity index (χ0) is 22.1. The molecule has 2 aromatic rings. The van der Waals surface area contributed by atoms with Crippen LogP contribution in [-0.2, 0) is 10.2 Å². The highest BCUT2D eigenvalue weighted by atomic mass is 19.1. The molecule has 0 radical (unpaired) electrons. The summed E-state index contributed by atoms with van der Waals surface area (Å²) in [7, 11) is 1.62. The number of benzene rings is 2. The van der Waals surface area contributed by atoms with Gasteiger partial charge in [0.1, 0.15) is 5.82 Å². The Morgan fingerprint density at radius 1 is 1.10 bits per heavy atom. The van der Waals surface area contributed by atoms with Crippen molar-refractivity contribution in [2.45, 2.75) is 32.1 Å². The molecule has 0 bridgehead atoms. The molecule has 6 nitrogen and oxygen atoms in total. The summed E-state index contributed by atoms with van der Waals surface area (Å²) in [6.07, 6.45) is 1.69. The Labute approximate surface area is 183 Å². The summed E-state index contributed by atoms with van der Waals surface area (Å²) in [5, 5.41) is 6.65. The fourth-order valence-corrected chi connectivity index (χ4v) is 3.80. The van der Waals surface area contributed by atoms with Crippen molar-refractivity contribution >= 4 is 11.6 Å². The molecule has 0 aromatic heterocycles. The summed E-state index contributed by atoms with van der Waals surface area (Å²) in [6.45, 7) is 7.19. The predicted octanol–water partition coefficient (Wildman–Crippen LogP) is 4.36. The molecule has 0 amide bonds. The van der Waals surface area contributed by atoms with Crippen molar-refractivity contribution in [3.8, 4) is 11.5 Å². The lowest BCUT2D eigenvalue weighted by atomic mass is 9.74. The minimum atomic E-state index is -0.228. The molecule has 1 fully saturated rings. The van der Waals surface area contributed by atoms with Gasteiger partial charge in [0, 0.05) is 36.9 Å². The van der Waals surface area contributed by atoms with Gasteiger partial charge in [-0.25, -0.2) is 4.39 Å². The van der Waals surface area contributed by atoms with Crippen LogP contribution >= 0.6 is 0 Å². The number of hydrogen-bond acceptors (Lipinski definition) is 4. The van der Waals surface area contributed by atoms with E-state index < -0.39 is 0 Å². The second-order valence-electron chi connectivity index (χ2n) is 7.52. The van der Waals surface area contributed by atoms with E-state index >= 15 is 0 Å². The van der Waals surface area contributed by atoms with E-state index in [2.05, 4.69) is 10.6 Å². The minimum absolute atomic E-state index is 0.176. The van der Waals surface area contributed by atoms with Crippen molar-refractivity contribution in [3.05, 3.63) is 53.8 Å². The van der Waals surface area contributed by atoms with Crippen LogP contribution in [0.2, 0.25) is 0 Å². The number of hydrogen-bond donors (Lipinski definition) is 2. The SMILES string of the molecule is CCNC(=NCC1(c2ccc(F)cc2)CCOCC1)Nc1ccc(OCC)c(OC)c1. The van der Waals surface area contributed by atoms with Crippen LogP contribution in [-0.4, -0.2) is 46.0 Å². The normalized spacial score (nSPS) is 15.9. The Balaban J connectivity index is 1.82. The van der Waals surface area contributed by atoms with Gasteiger partial charge in [-0.2, -0.15) is 0 Å². The fourth-order valence-electron chi connectivity index (χ4n) is 3.80. The molecular formula is C24H32FN3O3. The summed E-state index contributed by atoms with van der Waals surface area (Å²) in [5.41, 5.74) is 1.77. The van der Waals surface area contributed by atoms with Gasteiger partial charge >= 0.3 is 0 Å². The van der Waals surface area contributed by atoms with Crippen molar-refractivity contribution in [2.24, 2.45) is 4.99 Å². The number of rotatable bonds is 8. The number of nitrogens with zero attached hydrogens (tertiary/aromatic N) is 1. The van der Waals surface area contributed by atoms with Gasteiger partial charge in [0.15, 0.2) is 17.5 Å². The molecule has 1 saturated heterocycles. The maximum Gasteiger partial charge on any atom is 0.195 e. The maximum absolute atomic E-state index is 13.5. The Kier molecular flexibility index (Phi) is 8.12. The molecule has 0 aliphatic carbocycles. The van der Waals surface area contributed by atoms with Crippen molar-refractivity contribution in [2.75, 3.05) is 45.3 Å². The topological polar surface area (TPSA) is 64.1 Å². The first kappa shape index (κ1) is 22.9. The molecule has 0 saturated carbocycles. The molecule has 7 heteroatoms. The van der Waals surface area contributed by atoms with Crippen LogP contribution in [0.25, 0.3) is 0 Å². The zero-order valence-corrected chi connectivity index (χ0v) is 18.5. The zero-order valence-electron chi connectivity index (χ0n) is 18.5. The van der Waals surface area contributed by atoms with E-state index in [0.717, 1.165) is 30.6 Å². The monoisotopic (exact) mass is 429 g/mol. The molecule has 1 aliphatic heterocycles. The number of halogens is 1. The van der Waals surface area contributed by atoms with Crippen LogP contribution in [0.4, 0.5) is 10.1 Å². The largest absolute Gasteiger partial charge is 0.493 e. The smallest absolute Gasteiger partial charge is 0.195 e. The van der Waals surface area contributed by atoms with Gasteiger partial charge in [0.2, 0.25) is 0 Å². The number of methoxy groups -OCH3 is 1. The lowest BCUT2D eigenvalue weighted by Gasteiger charge is -2.36. The number of anilines is 1. The lowest BCUT2D eigenvalue weighted by molar-refractivity contribution is 0.0531. The highest BCUT2D eigenvalue weighted by molar-refractivity contribution is 5.94. The first-order valence-electron chi connectivity index (χ1n) is 10.8. The fraction of sp³-hybridized carbons (Fsp3) is 0.458. The second-order valence-corrected chi connectivity index (χ2v) is 7.52. The maximum atomic E-state index is 13.5. The van der Waals surface area contributed by atoms with E-state index in [1.807, 2.05) is 44.2 Å². The molecule has 0 atom stereocenters.